The zero-order chi connectivity index (χ0) is 47.1. The molecule has 0 aliphatic carbocycles. The van der Waals surface area contributed by atoms with Gasteiger partial charge in [0.1, 0.15) is 22.7 Å². The molecule has 0 bridgehead atoms. The van der Waals surface area contributed by atoms with Crippen molar-refractivity contribution in [2.45, 2.75) is 59.3 Å². The number of furan rings is 1. The van der Waals surface area contributed by atoms with E-state index in [9.17, 15) is 0 Å². The summed E-state index contributed by atoms with van der Waals surface area (Å²) in [6.45, 7) is 13.9. The Morgan fingerprint density at radius 2 is 1.06 bits per heavy atom. The van der Waals surface area contributed by atoms with Crippen LogP contribution >= 0.6 is 0 Å². The number of nitrogens with zero attached hydrogens (tertiary/aromatic N) is 2. The van der Waals surface area contributed by atoms with Gasteiger partial charge in [-0.15, -0.1) is 0 Å². The average Bonchev–Trinajstić information content (AvgIpc) is 4.04. The first-order chi connectivity index (χ1) is 34.2. The second-order valence-electron chi connectivity index (χ2n) is 20.5. The van der Waals surface area contributed by atoms with Crippen LogP contribution in [-0.2, 0) is 0 Å². The lowest BCUT2D eigenvalue weighted by molar-refractivity contribution is 0.488. The lowest BCUT2D eigenvalue weighted by Crippen LogP contribution is -2.57. The Kier molecular flexibility index (Phi) is 8.93. The van der Waals surface area contributed by atoms with Crippen molar-refractivity contribution >= 4 is 110 Å². The van der Waals surface area contributed by atoms with Gasteiger partial charge in [0.05, 0.1) is 27.8 Å². The molecule has 0 radical (unpaired) electrons. The molecular formula is C65H51BN2O2. The third kappa shape index (κ3) is 5.78. The SMILES string of the molecule is CC(C)c1cc(C(C)C)c(B2c3cc4oc5ccccc5c4cc3Oc3cc(-n4c5c6ccccc6ccc5c5ccc6c(c7ccccc7n6-c6ccccc6)c54)c4ccccc4c32)c(C(C)C)c1. The van der Waals surface area contributed by atoms with E-state index in [4.69, 9.17) is 9.15 Å². The van der Waals surface area contributed by atoms with Gasteiger partial charge in [-0.1, -0.05) is 180 Å². The van der Waals surface area contributed by atoms with E-state index in [1.54, 1.807) is 0 Å². The molecule has 4 nitrogen and oxygen atoms in total. The minimum Gasteiger partial charge on any atom is -0.458 e. The van der Waals surface area contributed by atoms with Crippen LogP contribution in [0.25, 0.3) is 98.5 Å². The summed E-state index contributed by atoms with van der Waals surface area (Å²) in [5.41, 5.74) is 16.6. The summed E-state index contributed by atoms with van der Waals surface area (Å²) in [5, 5.41) is 11.8. The fourth-order valence-corrected chi connectivity index (χ4v) is 12.3. The number of ether oxygens (including phenoxy) is 1. The van der Waals surface area contributed by atoms with Crippen LogP contribution in [0.3, 0.4) is 0 Å². The van der Waals surface area contributed by atoms with Crippen LogP contribution in [0.2, 0.25) is 0 Å². The molecule has 70 heavy (non-hydrogen) atoms. The number of aromatic nitrogens is 2. The van der Waals surface area contributed by atoms with Crippen LogP contribution < -0.4 is 21.1 Å². The van der Waals surface area contributed by atoms with Crippen LogP contribution in [0, 0.1) is 0 Å². The molecular weight excluding hydrogens is 852 g/mol. The summed E-state index contributed by atoms with van der Waals surface area (Å²) in [5.74, 6) is 2.72. The van der Waals surface area contributed by atoms with Crippen LogP contribution in [0.15, 0.2) is 186 Å². The molecule has 0 saturated carbocycles. The van der Waals surface area contributed by atoms with Crippen molar-refractivity contribution in [1.82, 2.24) is 9.13 Å². The third-order valence-electron chi connectivity index (χ3n) is 15.5. The summed E-state index contributed by atoms with van der Waals surface area (Å²) in [7, 11) is 0. The lowest BCUT2D eigenvalue weighted by atomic mass is 9.33. The van der Waals surface area contributed by atoms with Crippen molar-refractivity contribution in [2.75, 3.05) is 0 Å². The summed E-state index contributed by atoms with van der Waals surface area (Å²) in [4.78, 5) is 0. The first-order valence-electron chi connectivity index (χ1n) is 25.0. The summed E-state index contributed by atoms with van der Waals surface area (Å²) < 4.78 is 19.3. The quantitative estimate of drug-likeness (QED) is 0.156. The maximum atomic E-state index is 7.54. The summed E-state index contributed by atoms with van der Waals surface area (Å²) in [6.07, 6.45) is 0. The first-order valence-corrected chi connectivity index (χ1v) is 25.0. The molecule has 3 aromatic heterocycles. The van der Waals surface area contributed by atoms with Gasteiger partial charge >= 0.3 is 0 Å². The fourth-order valence-electron chi connectivity index (χ4n) is 12.3. The molecule has 10 aromatic carbocycles. The first kappa shape index (κ1) is 41.0. The molecule has 0 saturated heterocycles. The van der Waals surface area contributed by atoms with Crippen LogP contribution in [0.1, 0.15) is 76.0 Å². The monoisotopic (exact) mass is 902 g/mol. The Hall–Kier alpha value is -8.02. The lowest BCUT2D eigenvalue weighted by Gasteiger charge is -2.33. The number of para-hydroxylation sites is 3. The second kappa shape index (κ2) is 15.2. The van der Waals surface area contributed by atoms with Gasteiger partial charge < -0.3 is 18.3 Å². The van der Waals surface area contributed by atoms with Crippen molar-refractivity contribution in [3.63, 3.8) is 0 Å². The van der Waals surface area contributed by atoms with E-state index in [0.29, 0.717) is 5.92 Å². The number of hydrogen-bond donors (Lipinski definition) is 0. The van der Waals surface area contributed by atoms with E-state index in [2.05, 4.69) is 233 Å². The predicted molar refractivity (Wildman–Crippen MR) is 297 cm³/mol. The van der Waals surface area contributed by atoms with Gasteiger partial charge in [0, 0.05) is 54.8 Å². The molecule has 13 aromatic rings. The van der Waals surface area contributed by atoms with Crippen LogP contribution in [0.5, 0.6) is 11.5 Å². The van der Waals surface area contributed by atoms with E-state index in [0.717, 1.165) is 50.3 Å². The largest absolute Gasteiger partial charge is 0.458 e. The highest BCUT2D eigenvalue weighted by molar-refractivity contribution is 6.99. The standard InChI is InChI=1S/C65H51BN2O2/c1-37(2)41-32-50(38(3)4)62(51(33-41)39(5)6)66-53-35-58-52(45-23-15-17-27-57(45)69-58)34-59(53)70-60-36-56(44-22-12-13-24-46(44)63(60)66)68-64-43-21-11-10-18-40(43)28-29-47(64)48-30-31-55-61(65(48)68)49-25-14-16-26-54(49)67(55)42-19-8-7-9-20-42/h7-39H,1-6H3. The number of benzene rings is 10. The maximum absolute atomic E-state index is 7.54. The van der Waals surface area contributed by atoms with Crippen LogP contribution in [-0.4, -0.2) is 15.8 Å². The van der Waals surface area contributed by atoms with E-state index in [1.807, 2.05) is 0 Å². The number of hydrogen-bond acceptors (Lipinski definition) is 2. The Balaban J connectivity index is 1.16. The van der Waals surface area contributed by atoms with Gasteiger partial charge in [-0.25, -0.2) is 0 Å². The topological polar surface area (TPSA) is 32.2 Å². The van der Waals surface area contributed by atoms with Crippen molar-refractivity contribution < 1.29 is 9.15 Å². The molecule has 0 atom stereocenters. The van der Waals surface area contributed by atoms with E-state index in [1.165, 1.54) is 92.8 Å². The molecule has 1 aliphatic heterocycles. The minimum absolute atomic E-state index is 0.138. The van der Waals surface area contributed by atoms with E-state index >= 15 is 0 Å². The zero-order valence-corrected chi connectivity index (χ0v) is 40.3. The highest BCUT2D eigenvalue weighted by Crippen LogP contribution is 2.46. The minimum atomic E-state index is -0.138. The van der Waals surface area contributed by atoms with Gasteiger partial charge in [-0.05, 0) is 98.6 Å². The number of rotatable bonds is 6. The summed E-state index contributed by atoms with van der Waals surface area (Å²) in [6, 6.07) is 67.3. The Morgan fingerprint density at radius 3 is 1.81 bits per heavy atom. The van der Waals surface area contributed by atoms with Gasteiger partial charge in [-0.2, -0.15) is 0 Å². The predicted octanol–water partition coefficient (Wildman–Crippen LogP) is 16.1. The molecule has 0 amide bonds. The van der Waals surface area contributed by atoms with Crippen molar-refractivity contribution in [2.24, 2.45) is 0 Å². The Morgan fingerprint density at radius 1 is 0.414 bits per heavy atom. The Labute approximate surface area is 407 Å². The Bertz CT molecular complexity index is 4290. The smallest absolute Gasteiger partial charge is 0.252 e. The van der Waals surface area contributed by atoms with E-state index in [-0.39, 0.29) is 18.5 Å². The normalized spacial score (nSPS) is 12.9. The highest BCUT2D eigenvalue weighted by atomic mass is 16.5. The van der Waals surface area contributed by atoms with Crippen molar-refractivity contribution in [1.29, 1.82) is 0 Å². The molecule has 0 fully saturated rings. The molecule has 0 N–H and O–H groups in total. The molecule has 1 aliphatic rings. The van der Waals surface area contributed by atoms with Gasteiger partial charge in [0.2, 0.25) is 0 Å². The third-order valence-corrected chi connectivity index (χ3v) is 15.5. The van der Waals surface area contributed by atoms with Gasteiger partial charge in [-0.3, -0.25) is 0 Å². The van der Waals surface area contributed by atoms with Crippen molar-refractivity contribution in [3.8, 4) is 22.9 Å². The van der Waals surface area contributed by atoms with E-state index < -0.39 is 0 Å². The summed E-state index contributed by atoms with van der Waals surface area (Å²) >= 11 is 0. The molecule has 0 unspecified atom stereocenters. The van der Waals surface area contributed by atoms with Gasteiger partial charge in [0.15, 0.2) is 0 Å². The second-order valence-corrected chi connectivity index (χ2v) is 20.5. The molecule has 5 heteroatoms. The molecule has 336 valence electrons. The van der Waals surface area contributed by atoms with Crippen LogP contribution in [0.4, 0.5) is 0 Å². The molecule has 4 heterocycles. The van der Waals surface area contributed by atoms with Crippen molar-refractivity contribution in [3.05, 3.63) is 199 Å². The number of fused-ring (bicyclic) bond motifs is 16. The highest BCUT2D eigenvalue weighted by Gasteiger charge is 2.40. The van der Waals surface area contributed by atoms with Gasteiger partial charge in [0.25, 0.3) is 6.71 Å². The maximum Gasteiger partial charge on any atom is 0.252 e. The average molecular weight is 903 g/mol. The molecule has 0 spiro atoms. The fraction of sp³-hybridized carbons (Fsp3) is 0.138. The molecule has 14 rings (SSSR count). The zero-order valence-electron chi connectivity index (χ0n) is 40.3.